The molecule has 0 saturated heterocycles. The molecule has 5 rings (SSSR count). The van der Waals surface area contributed by atoms with Crippen molar-refractivity contribution in [3.8, 4) is 0 Å². The van der Waals surface area contributed by atoms with Gasteiger partial charge < -0.3 is 28.4 Å². The highest BCUT2D eigenvalue weighted by Gasteiger charge is 2.69. The molecule has 0 amide bonds. The molecule has 44 heavy (non-hydrogen) atoms. The van der Waals surface area contributed by atoms with Crippen molar-refractivity contribution in [2.75, 3.05) is 42.7 Å². The van der Waals surface area contributed by atoms with Crippen molar-refractivity contribution in [1.82, 2.24) is 0 Å². The van der Waals surface area contributed by atoms with Crippen LogP contribution in [0.3, 0.4) is 0 Å². The highest BCUT2D eigenvalue weighted by atomic mass is 16.5. The van der Waals surface area contributed by atoms with Gasteiger partial charge in [-0.25, -0.2) is 0 Å². The highest BCUT2D eigenvalue weighted by Crippen LogP contribution is 2.63. The van der Waals surface area contributed by atoms with Gasteiger partial charge in [0.05, 0.1) is 48.6 Å². The molecule has 0 radical (unpaired) electrons. The first-order valence-electron chi connectivity index (χ1n) is 13.7. The molecule has 0 N–H and O–H groups in total. The van der Waals surface area contributed by atoms with E-state index in [0.29, 0.717) is 11.1 Å². The number of carbonyl (C=O) groups excluding carboxylic acids is 4. The fraction of sp³-hybridized carbons (Fsp3) is 0.294. The van der Waals surface area contributed by atoms with Crippen molar-refractivity contribution in [3.63, 3.8) is 0 Å². The van der Waals surface area contributed by atoms with Crippen LogP contribution in [0.25, 0.3) is 0 Å². The average molecular weight is 601 g/mol. The lowest BCUT2D eigenvalue weighted by Gasteiger charge is -2.48. The number of rotatable bonds is 9. The van der Waals surface area contributed by atoms with E-state index >= 15 is 0 Å². The monoisotopic (exact) mass is 600 g/mol. The van der Waals surface area contributed by atoms with E-state index < -0.39 is 46.3 Å². The van der Waals surface area contributed by atoms with E-state index in [1.54, 1.807) is 48.5 Å². The summed E-state index contributed by atoms with van der Waals surface area (Å²) >= 11 is 0. The Kier molecular flexibility index (Phi) is 8.19. The molecule has 0 fully saturated rings. The maximum absolute atomic E-state index is 14.8. The van der Waals surface area contributed by atoms with Crippen molar-refractivity contribution in [2.45, 2.75) is 11.8 Å². The van der Waals surface area contributed by atoms with Crippen molar-refractivity contribution in [1.29, 1.82) is 0 Å². The third-order valence-corrected chi connectivity index (χ3v) is 8.51. The van der Waals surface area contributed by atoms with Crippen LogP contribution in [0.5, 0.6) is 0 Å². The van der Waals surface area contributed by atoms with Crippen LogP contribution < -0.4 is 0 Å². The summed E-state index contributed by atoms with van der Waals surface area (Å²) in [5.74, 6) is -6.67. The number of allylic oxidation sites excluding steroid dienone is 5. The lowest BCUT2D eigenvalue weighted by Crippen LogP contribution is -2.52. The minimum Gasteiger partial charge on any atom is -0.501 e. The summed E-state index contributed by atoms with van der Waals surface area (Å²) in [5, 5.41) is 0. The van der Waals surface area contributed by atoms with Crippen molar-refractivity contribution < 1.29 is 47.6 Å². The Bertz CT molecular complexity index is 1590. The maximum Gasteiger partial charge on any atom is 0.239 e. The molecule has 228 valence electrons. The summed E-state index contributed by atoms with van der Waals surface area (Å²) < 4.78 is 33.3. The molecule has 0 heterocycles. The molecule has 0 aromatic heterocycles. The van der Waals surface area contributed by atoms with Gasteiger partial charge in [0.15, 0.2) is 0 Å². The van der Waals surface area contributed by atoms with Gasteiger partial charge in [0.25, 0.3) is 0 Å². The van der Waals surface area contributed by atoms with Gasteiger partial charge in [0, 0.05) is 11.8 Å². The molecule has 0 bridgehead atoms. The summed E-state index contributed by atoms with van der Waals surface area (Å²) in [5.41, 5.74) is -1.05. The third-order valence-electron chi connectivity index (χ3n) is 8.51. The minimum atomic E-state index is -1.90. The summed E-state index contributed by atoms with van der Waals surface area (Å²) in [6.07, 6.45) is 1.67. The van der Waals surface area contributed by atoms with E-state index in [2.05, 4.69) is 0 Å². The lowest BCUT2D eigenvalue weighted by molar-refractivity contribution is -0.140. The third kappa shape index (κ3) is 4.16. The van der Waals surface area contributed by atoms with E-state index in [1.165, 1.54) is 42.7 Å². The number of ether oxygens (including phenoxy) is 6. The molecule has 3 atom stereocenters. The minimum absolute atomic E-state index is 0.111. The number of Topliss-reactive ketones (excluding diaryl/α,β-unsaturated/α-hetero) is 4. The Morgan fingerprint density at radius 1 is 0.591 bits per heavy atom. The number of methoxy groups -OCH3 is 6. The highest BCUT2D eigenvalue weighted by molar-refractivity contribution is 6.37. The second kappa shape index (κ2) is 11.9. The van der Waals surface area contributed by atoms with Crippen LogP contribution in [-0.2, 0) is 47.6 Å². The Balaban J connectivity index is 1.92. The molecule has 0 saturated carbocycles. The second-order valence-corrected chi connectivity index (χ2v) is 10.3. The number of carbonyl (C=O) groups is 4. The first kappa shape index (κ1) is 30.3. The van der Waals surface area contributed by atoms with Gasteiger partial charge in [0.2, 0.25) is 46.2 Å². The number of ketones is 4. The predicted molar refractivity (Wildman–Crippen MR) is 156 cm³/mol. The Morgan fingerprint density at radius 2 is 1.05 bits per heavy atom. The van der Waals surface area contributed by atoms with Crippen LogP contribution in [0, 0.1) is 11.3 Å². The van der Waals surface area contributed by atoms with Gasteiger partial charge in [-0.05, 0) is 17.2 Å². The van der Waals surface area contributed by atoms with Crippen LogP contribution in [0.15, 0.2) is 107 Å². The Hall–Kier alpha value is -5.12. The van der Waals surface area contributed by atoms with Gasteiger partial charge in [-0.2, -0.15) is 0 Å². The number of benzene rings is 2. The van der Waals surface area contributed by atoms with E-state index in [0.717, 1.165) is 0 Å². The first-order chi connectivity index (χ1) is 21.3. The maximum atomic E-state index is 14.8. The quantitative estimate of drug-likeness (QED) is 0.181. The molecule has 1 spiro atoms. The average Bonchev–Trinajstić information content (AvgIpc) is 3.43. The van der Waals surface area contributed by atoms with E-state index in [1.807, 2.05) is 18.2 Å². The van der Waals surface area contributed by atoms with Gasteiger partial charge in [-0.1, -0.05) is 60.7 Å². The van der Waals surface area contributed by atoms with Crippen LogP contribution in [0.4, 0.5) is 0 Å². The first-order valence-corrected chi connectivity index (χ1v) is 13.7. The van der Waals surface area contributed by atoms with Crippen LogP contribution in [0.1, 0.15) is 23.0 Å². The molecule has 10 nitrogen and oxygen atoms in total. The topological polar surface area (TPSA) is 124 Å². The zero-order chi connectivity index (χ0) is 31.8. The van der Waals surface area contributed by atoms with Crippen molar-refractivity contribution >= 4 is 23.1 Å². The van der Waals surface area contributed by atoms with Gasteiger partial charge in [0.1, 0.15) is 22.5 Å². The molecule has 10 heteroatoms. The summed E-state index contributed by atoms with van der Waals surface area (Å²) in [7, 11) is 7.85. The normalized spacial score (nSPS) is 22.8. The van der Waals surface area contributed by atoms with Gasteiger partial charge >= 0.3 is 0 Å². The fourth-order valence-electron chi connectivity index (χ4n) is 6.77. The molecule has 2 aromatic rings. The molecule has 0 aliphatic heterocycles. The van der Waals surface area contributed by atoms with Crippen molar-refractivity contribution in [3.05, 3.63) is 118 Å². The second-order valence-electron chi connectivity index (χ2n) is 10.3. The van der Waals surface area contributed by atoms with E-state index in [9.17, 15) is 19.2 Å². The summed E-state index contributed by atoms with van der Waals surface area (Å²) in [6, 6.07) is 18.0. The molecular formula is C34H32O10. The van der Waals surface area contributed by atoms with Crippen LogP contribution in [0.2, 0.25) is 0 Å². The smallest absolute Gasteiger partial charge is 0.239 e. The number of hydrogen-bond donors (Lipinski definition) is 0. The van der Waals surface area contributed by atoms with E-state index in [-0.39, 0.29) is 40.1 Å². The molecule has 2 aromatic carbocycles. The van der Waals surface area contributed by atoms with Gasteiger partial charge in [-0.15, -0.1) is 0 Å². The molecule has 3 aliphatic rings. The standard InChI is InChI=1S/C34H32O10/c1-39-21-17-20(18-13-9-7-10-14-18)34(32(37)30(43-5)31(44-6)33(34)38)24(19-15-11-8-12-16-19)22(21)27(40-2)23-25(35)28(41-3)29(42-4)26(23)36/h7-17,20,22,24H,1-6H3. The lowest BCUT2D eigenvalue weighted by atomic mass is 9.52. The van der Waals surface area contributed by atoms with Crippen molar-refractivity contribution in [2.24, 2.45) is 11.3 Å². The molecule has 3 unspecified atom stereocenters. The number of hydrogen-bond acceptors (Lipinski definition) is 10. The molecular weight excluding hydrogens is 568 g/mol. The van der Waals surface area contributed by atoms with E-state index in [4.69, 9.17) is 28.4 Å². The summed E-state index contributed by atoms with van der Waals surface area (Å²) in [4.78, 5) is 56.8. The molecule has 3 aliphatic carbocycles. The predicted octanol–water partition coefficient (Wildman–Crippen LogP) is 3.91. The SMILES string of the molecule is COC1=CC(c2ccccc2)C2(C(=O)C(OC)=C(OC)C2=O)C(c2ccccc2)C1C(OC)=C1C(=O)C(OC)=C(OC)C1=O. The van der Waals surface area contributed by atoms with Gasteiger partial charge in [-0.3, -0.25) is 19.2 Å². The summed E-state index contributed by atoms with van der Waals surface area (Å²) in [6.45, 7) is 0. The van der Waals surface area contributed by atoms with Crippen LogP contribution in [-0.4, -0.2) is 65.8 Å². The largest absolute Gasteiger partial charge is 0.501 e. The Morgan fingerprint density at radius 3 is 1.45 bits per heavy atom. The Labute approximate surface area is 254 Å². The zero-order valence-electron chi connectivity index (χ0n) is 25.2. The zero-order valence-corrected chi connectivity index (χ0v) is 25.2. The fourth-order valence-corrected chi connectivity index (χ4v) is 6.77. The van der Waals surface area contributed by atoms with Crippen LogP contribution >= 0.6 is 0 Å².